The first-order chi connectivity index (χ1) is 9.74. The highest BCUT2D eigenvalue weighted by Crippen LogP contribution is 2.29. The highest BCUT2D eigenvalue weighted by atomic mass is 16.5. The summed E-state index contributed by atoms with van der Waals surface area (Å²) >= 11 is 0. The van der Waals surface area contributed by atoms with Gasteiger partial charge in [0.2, 0.25) is 0 Å². The van der Waals surface area contributed by atoms with E-state index in [1.54, 1.807) is 7.11 Å². The Morgan fingerprint density at radius 1 is 1.55 bits per heavy atom. The minimum Gasteiger partial charge on any atom is -0.381 e. The Morgan fingerprint density at radius 2 is 2.45 bits per heavy atom. The molecule has 0 radical (unpaired) electrons. The fraction of sp³-hybridized carbons (Fsp3) is 0.786. The predicted octanol–water partition coefficient (Wildman–Crippen LogP) is 0.725. The minimum absolute atomic E-state index is 0.0313. The van der Waals surface area contributed by atoms with Gasteiger partial charge in [-0.15, -0.1) is 0 Å². The Balaban J connectivity index is 1.75. The van der Waals surface area contributed by atoms with Crippen LogP contribution in [-0.4, -0.2) is 48.7 Å². The van der Waals surface area contributed by atoms with E-state index in [4.69, 9.17) is 19.9 Å². The van der Waals surface area contributed by atoms with Crippen molar-refractivity contribution >= 4 is 0 Å². The number of aromatic nitrogens is 2. The number of methoxy groups -OCH3 is 1. The number of rotatable bonds is 5. The molecule has 3 unspecified atom stereocenters. The average molecular weight is 281 g/mol. The van der Waals surface area contributed by atoms with E-state index in [2.05, 4.69) is 9.55 Å². The van der Waals surface area contributed by atoms with E-state index >= 15 is 0 Å². The fourth-order valence-electron chi connectivity index (χ4n) is 3.07. The topological polar surface area (TPSA) is 71.5 Å². The van der Waals surface area contributed by atoms with Gasteiger partial charge in [-0.2, -0.15) is 0 Å². The number of nitrogens with two attached hydrogens (primary N) is 1. The van der Waals surface area contributed by atoms with Gasteiger partial charge in [0.25, 0.3) is 0 Å². The normalized spacial score (nSPS) is 31.8. The molecule has 2 aliphatic rings. The molecule has 0 aromatic carbocycles. The summed E-state index contributed by atoms with van der Waals surface area (Å²) in [6.45, 7) is 3.66. The molecule has 0 amide bonds. The molecule has 6 heteroatoms. The van der Waals surface area contributed by atoms with Crippen LogP contribution in [-0.2, 0) is 20.8 Å². The molecule has 0 bridgehead atoms. The van der Waals surface area contributed by atoms with Gasteiger partial charge in [-0.05, 0) is 6.42 Å². The summed E-state index contributed by atoms with van der Waals surface area (Å²) in [7, 11) is 1.75. The van der Waals surface area contributed by atoms with Gasteiger partial charge in [0, 0.05) is 38.9 Å². The molecule has 2 N–H and O–H groups in total. The zero-order valence-corrected chi connectivity index (χ0v) is 12.0. The van der Waals surface area contributed by atoms with Gasteiger partial charge in [-0.3, -0.25) is 0 Å². The van der Waals surface area contributed by atoms with Gasteiger partial charge >= 0.3 is 0 Å². The number of ether oxygens (including phenoxy) is 3. The van der Waals surface area contributed by atoms with E-state index < -0.39 is 0 Å². The standard InChI is InChI=1S/C14H23N3O3/c1-18-14(3-5-20-9-14)8-17-10-16-6-12(17)13(15)11-2-4-19-7-11/h6,10-11,13H,2-5,7-9,15H2,1H3. The van der Waals surface area contributed by atoms with Crippen LogP contribution >= 0.6 is 0 Å². The zero-order chi connectivity index (χ0) is 14.0. The smallest absolute Gasteiger partial charge is 0.111 e. The van der Waals surface area contributed by atoms with Crippen molar-refractivity contribution in [3.63, 3.8) is 0 Å². The lowest BCUT2D eigenvalue weighted by molar-refractivity contribution is -0.0302. The molecule has 1 aromatic heterocycles. The van der Waals surface area contributed by atoms with Crippen LogP contribution in [0.2, 0.25) is 0 Å². The molecular weight excluding hydrogens is 258 g/mol. The van der Waals surface area contributed by atoms with Crippen LogP contribution in [0.4, 0.5) is 0 Å². The van der Waals surface area contributed by atoms with Crippen molar-refractivity contribution in [2.45, 2.75) is 31.0 Å². The molecule has 0 saturated carbocycles. The van der Waals surface area contributed by atoms with Crippen molar-refractivity contribution in [2.75, 3.05) is 33.5 Å². The van der Waals surface area contributed by atoms with Crippen LogP contribution in [0.5, 0.6) is 0 Å². The first-order valence-corrected chi connectivity index (χ1v) is 7.20. The van der Waals surface area contributed by atoms with Crippen molar-refractivity contribution in [3.05, 3.63) is 18.2 Å². The molecular formula is C14H23N3O3. The van der Waals surface area contributed by atoms with E-state index in [0.717, 1.165) is 44.9 Å². The molecule has 2 fully saturated rings. The Labute approximate surface area is 119 Å². The quantitative estimate of drug-likeness (QED) is 0.861. The van der Waals surface area contributed by atoms with Gasteiger partial charge in [0.05, 0.1) is 37.8 Å². The largest absolute Gasteiger partial charge is 0.381 e. The van der Waals surface area contributed by atoms with E-state index in [1.165, 1.54) is 0 Å². The molecule has 2 saturated heterocycles. The average Bonchev–Trinajstić information content (AvgIpc) is 3.21. The third-order valence-corrected chi connectivity index (χ3v) is 4.52. The maximum Gasteiger partial charge on any atom is 0.111 e. The second kappa shape index (κ2) is 5.81. The van der Waals surface area contributed by atoms with Crippen LogP contribution in [0.15, 0.2) is 12.5 Å². The molecule has 2 aliphatic heterocycles. The minimum atomic E-state index is -0.249. The highest BCUT2D eigenvalue weighted by molar-refractivity contribution is 5.08. The van der Waals surface area contributed by atoms with E-state index in [-0.39, 0.29) is 11.6 Å². The van der Waals surface area contributed by atoms with Crippen LogP contribution in [0, 0.1) is 5.92 Å². The van der Waals surface area contributed by atoms with Gasteiger partial charge in [-0.1, -0.05) is 0 Å². The molecule has 20 heavy (non-hydrogen) atoms. The van der Waals surface area contributed by atoms with Gasteiger partial charge in [0.1, 0.15) is 5.60 Å². The second-order valence-electron chi connectivity index (χ2n) is 5.79. The number of nitrogens with zero attached hydrogens (tertiary/aromatic N) is 2. The summed E-state index contributed by atoms with van der Waals surface area (Å²) in [6.07, 6.45) is 5.63. The van der Waals surface area contributed by atoms with Crippen molar-refractivity contribution in [3.8, 4) is 0 Å². The molecule has 0 spiro atoms. The van der Waals surface area contributed by atoms with Gasteiger partial charge < -0.3 is 24.5 Å². The van der Waals surface area contributed by atoms with Crippen LogP contribution in [0.3, 0.4) is 0 Å². The molecule has 3 atom stereocenters. The summed E-state index contributed by atoms with van der Waals surface area (Å²) in [5.74, 6) is 0.378. The lowest BCUT2D eigenvalue weighted by Crippen LogP contribution is -2.38. The third kappa shape index (κ3) is 2.61. The molecule has 0 aliphatic carbocycles. The Morgan fingerprint density at radius 3 is 3.10 bits per heavy atom. The molecule has 112 valence electrons. The van der Waals surface area contributed by atoms with Crippen LogP contribution in [0.1, 0.15) is 24.6 Å². The lowest BCUT2D eigenvalue weighted by atomic mass is 9.96. The molecule has 1 aromatic rings. The first-order valence-electron chi connectivity index (χ1n) is 7.20. The van der Waals surface area contributed by atoms with Crippen LogP contribution in [0.25, 0.3) is 0 Å². The number of hydrogen-bond acceptors (Lipinski definition) is 5. The summed E-state index contributed by atoms with van der Waals surface area (Å²) in [5, 5.41) is 0. The fourth-order valence-corrected chi connectivity index (χ4v) is 3.07. The molecule has 3 rings (SSSR count). The van der Waals surface area contributed by atoms with E-state index in [0.29, 0.717) is 12.5 Å². The van der Waals surface area contributed by atoms with E-state index in [9.17, 15) is 0 Å². The van der Waals surface area contributed by atoms with Crippen LogP contribution < -0.4 is 5.73 Å². The van der Waals surface area contributed by atoms with Crippen molar-refractivity contribution in [2.24, 2.45) is 11.7 Å². The second-order valence-corrected chi connectivity index (χ2v) is 5.79. The van der Waals surface area contributed by atoms with Crippen molar-refractivity contribution in [1.29, 1.82) is 0 Å². The van der Waals surface area contributed by atoms with Crippen molar-refractivity contribution in [1.82, 2.24) is 9.55 Å². The first kappa shape index (κ1) is 14.0. The SMILES string of the molecule is COC1(Cn2cncc2C(N)C2CCOC2)CCOC1. The summed E-state index contributed by atoms with van der Waals surface area (Å²) in [5.41, 5.74) is 7.20. The van der Waals surface area contributed by atoms with Gasteiger partial charge in [-0.25, -0.2) is 4.98 Å². The maximum absolute atomic E-state index is 6.39. The monoisotopic (exact) mass is 281 g/mol. The summed E-state index contributed by atoms with van der Waals surface area (Å²) in [4.78, 5) is 4.27. The lowest BCUT2D eigenvalue weighted by Gasteiger charge is -2.28. The maximum atomic E-state index is 6.39. The molecule has 3 heterocycles. The third-order valence-electron chi connectivity index (χ3n) is 4.52. The summed E-state index contributed by atoms with van der Waals surface area (Å²) < 4.78 is 18.7. The Hall–Kier alpha value is -0.950. The zero-order valence-electron chi connectivity index (χ0n) is 12.0. The molecule has 6 nitrogen and oxygen atoms in total. The Bertz CT molecular complexity index is 437. The highest BCUT2D eigenvalue weighted by Gasteiger charge is 2.36. The summed E-state index contributed by atoms with van der Waals surface area (Å²) in [6, 6.07) is -0.0313. The number of imidazole rings is 1. The van der Waals surface area contributed by atoms with E-state index in [1.807, 2.05) is 12.5 Å². The van der Waals surface area contributed by atoms with Crippen molar-refractivity contribution < 1.29 is 14.2 Å². The Kier molecular flexibility index (Phi) is 4.07. The van der Waals surface area contributed by atoms with Gasteiger partial charge in [0.15, 0.2) is 0 Å². The number of hydrogen-bond donors (Lipinski definition) is 1. The predicted molar refractivity (Wildman–Crippen MR) is 73.3 cm³/mol.